The van der Waals surface area contributed by atoms with Gasteiger partial charge in [-0.1, -0.05) is 81.5 Å². The Morgan fingerprint density at radius 3 is 2.61 bits per heavy atom. The van der Waals surface area contributed by atoms with Crippen LogP contribution in [0.2, 0.25) is 0 Å². The van der Waals surface area contributed by atoms with Crippen molar-refractivity contribution in [1.29, 1.82) is 0 Å². The number of hydrogen-bond acceptors (Lipinski definition) is 6. The fraction of sp³-hybridized carbons (Fsp3) is 0.200. The van der Waals surface area contributed by atoms with Crippen LogP contribution >= 0.6 is 39.0 Å². The van der Waals surface area contributed by atoms with Crippen LogP contribution in [0, 0.1) is 5.92 Å². The third-order valence-corrected chi connectivity index (χ3v) is 6.99. The van der Waals surface area contributed by atoms with E-state index in [1.54, 1.807) is 12.1 Å². The minimum absolute atomic E-state index is 0.0126. The molecule has 0 bridgehead atoms. The molecule has 2 aromatic carbocycles. The molecule has 1 fully saturated rings. The number of carbonyl (C=O) groups is 2. The molecule has 1 aliphatic rings. The third kappa shape index (κ3) is 4.68. The SMILES string of the molecule is O=C(CSc1nnc(NC(=O)[C@H]2C[C@H]2c2ccccc2)s1)c1ccc(Br)cc1. The maximum absolute atomic E-state index is 12.4. The molecule has 1 aliphatic carbocycles. The predicted octanol–water partition coefficient (Wildman–Crippen LogP) is 5.02. The van der Waals surface area contributed by atoms with E-state index in [0.29, 0.717) is 15.0 Å². The lowest BCUT2D eigenvalue weighted by molar-refractivity contribution is -0.117. The summed E-state index contributed by atoms with van der Waals surface area (Å²) in [4.78, 5) is 24.6. The number of amides is 1. The van der Waals surface area contributed by atoms with E-state index in [4.69, 9.17) is 0 Å². The molecule has 2 atom stereocenters. The summed E-state index contributed by atoms with van der Waals surface area (Å²) in [5, 5.41) is 11.4. The van der Waals surface area contributed by atoms with E-state index in [9.17, 15) is 9.59 Å². The highest BCUT2D eigenvalue weighted by atomic mass is 79.9. The second kappa shape index (κ2) is 8.55. The number of ketones is 1. The highest BCUT2D eigenvalue weighted by Gasteiger charge is 2.44. The highest BCUT2D eigenvalue weighted by Crippen LogP contribution is 2.48. The number of halogens is 1. The fourth-order valence-corrected chi connectivity index (χ4v) is 4.83. The largest absolute Gasteiger partial charge is 0.300 e. The molecule has 0 spiro atoms. The lowest BCUT2D eigenvalue weighted by atomic mass is 10.1. The molecule has 8 heteroatoms. The van der Waals surface area contributed by atoms with E-state index in [1.165, 1.54) is 28.7 Å². The number of nitrogens with zero attached hydrogens (tertiary/aromatic N) is 2. The summed E-state index contributed by atoms with van der Waals surface area (Å²) >= 11 is 5.98. The zero-order valence-electron chi connectivity index (χ0n) is 14.7. The smallest absolute Gasteiger partial charge is 0.229 e. The number of carbonyl (C=O) groups excluding carboxylic acids is 2. The third-order valence-electron chi connectivity index (χ3n) is 4.48. The number of thioether (sulfide) groups is 1. The van der Waals surface area contributed by atoms with E-state index in [2.05, 4.69) is 43.6 Å². The molecule has 4 rings (SSSR count). The van der Waals surface area contributed by atoms with Crippen molar-refractivity contribution < 1.29 is 9.59 Å². The number of aromatic nitrogens is 2. The first-order valence-corrected chi connectivity index (χ1v) is 11.3. The number of Topliss-reactive ketones (excluding diaryl/α,β-unsaturated/α-hetero) is 1. The molecule has 1 aromatic heterocycles. The van der Waals surface area contributed by atoms with Crippen LogP contribution in [0.25, 0.3) is 0 Å². The van der Waals surface area contributed by atoms with Crippen LogP contribution in [0.1, 0.15) is 28.3 Å². The Morgan fingerprint density at radius 1 is 1.11 bits per heavy atom. The van der Waals surface area contributed by atoms with Gasteiger partial charge in [-0.15, -0.1) is 10.2 Å². The zero-order valence-corrected chi connectivity index (χ0v) is 17.9. The molecule has 0 radical (unpaired) electrons. The first-order chi connectivity index (χ1) is 13.6. The van der Waals surface area contributed by atoms with Gasteiger partial charge in [-0.3, -0.25) is 9.59 Å². The zero-order chi connectivity index (χ0) is 19.5. The van der Waals surface area contributed by atoms with Crippen molar-refractivity contribution in [2.75, 3.05) is 11.1 Å². The van der Waals surface area contributed by atoms with Crippen LogP contribution in [0.15, 0.2) is 63.4 Å². The molecule has 1 N–H and O–H groups in total. The molecule has 1 saturated carbocycles. The fourth-order valence-electron chi connectivity index (χ4n) is 2.92. The quantitative estimate of drug-likeness (QED) is 0.296. The second-order valence-corrected chi connectivity index (χ2v) is 9.56. The number of nitrogens with one attached hydrogen (secondary N) is 1. The monoisotopic (exact) mass is 473 g/mol. The molecule has 1 amide bonds. The molecule has 0 unspecified atom stereocenters. The summed E-state index contributed by atoms with van der Waals surface area (Å²) in [6, 6.07) is 17.3. The summed E-state index contributed by atoms with van der Waals surface area (Å²) < 4.78 is 1.60. The van der Waals surface area contributed by atoms with Gasteiger partial charge in [0.1, 0.15) is 0 Å². The van der Waals surface area contributed by atoms with E-state index in [-0.39, 0.29) is 29.3 Å². The Kier molecular flexibility index (Phi) is 5.89. The van der Waals surface area contributed by atoms with Gasteiger partial charge in [-0.2, -0.15) is 0 Å². The molecule has 3 aromatic rings. The van der Waals surface area contributed by atoms with Crippen LogP contribution in [-0.2, 0) is 4.79 Å². The van der Waals surface area contributed by atoms with Crippen LogP contribution in [-0.4, -0.2) is 27.6 Å². The highest BCUT2D eigenvalue weighted by molar-refractivity contribution is 9.10. The van der Waals surface area contributed by atoms with Gasteiger partial charge < -0.3 is 5.32 Å². The van der Waals surface area contributed by atoms with E-state index in [0.717, 1.165) is 10.9 Å². The van der Waals surface area contributed by atoms with Gasteiger partial charge in [0, 0.05) is 16.0 Å². The maximum atomic E-state index is 12.4. The number of rotatable bonds is 7. The van der Waals surface area contributed by atoms with Crippen LogP contribution in [0.4, 0.5) is 5.13 Å². The van der Waals surface area contributed by atoms with E-state index >= 15 is 0 Å². The van der Waals surface area contributed by atoms with Crippen LogP contribution in [0.3, 0.4) is 0 Å². The topological polar surface area (TPSA) is 72.0 Å². The Hall–Kier alpha value is -2.03. The molecular weight excluding hydrogens is 458 g/mol. The van der Waals surface area contributed by atoms with Crippen molar-refractivity contribution in [3.8, 4) is 0 Å². The Balaban J connectivity index is 1.28. The molecule has 5 nitrogen and oxygen atoms in total. The second-order valence-electron chi connectivity index (χ2n) is 6.44. The number of anilines is 1. The van der Waals surface area contributed by atoms with Crippen LogP contribution < -0.4 is 5.32 Å². The summed E-state index contributed by atoms with van der Waals surface area (Å²) in [6.07, 6.45) is 0.859. The minimum Gasteiger partial charge on any atom is -0.300 e. The minimum atomic E-state index is -0.0208. The van der Waals surface area contributed by atoms with Gasteiger partial charge in [0.05, 0.1) is 5.75 Å². The molecular formula is C20H16BrN3O2S2. The van der Waals surface area contributed by atoms with E-state index < -0.39 is 0 Å². The van der Waals surface area contributed by atoms with Gasteiger partial charge in [0.15, 0.2) is 10.1 Å². The van der Waals surface area contributed by atoms with Crippen molar-refractivity contribution >= 4 is 55.9 Å². The normalized spacial score (nSPS) is 17.9. The average molecular weight is 474 g/mol. The van der Waals surface area contributed by atoms with Gasteiger partial charge in [0.25, 0.3) is 0 Å². The van der Waals surface area contributed by atoms with Crippen molar-refractivity contribution in [2.45, 2.75) is 16.7 Å². The average Bonchev–Trinajstić information content (AvgIpc) is 3.41. The van der Waals surface area contributed by atoms with Gasteiger partial charge in [-0.25, -0.2) is 0 Å². The maximum Gasteiger partial charge on any atom is 0.229 e. The molecule has 1 heterocycles. The standard InChI is InChI=1S/C20H16BrN3O2S2/c21-14-8-6-13(7-9-14)17(25)11-27-20-24-23-19(28-20)22-18(26)16-10-15(16)12-4-2-1-3-5-12/h1-9,15-16H,10-11H2,(H,22,23,26)/t15-,16-/m0/s1. The van der Waals surface area contributed by atoms with Gasteiger partial charge in [-0.05, 0) is 30.0 Å². The van der Waals surface area contributed by atoms with Gasteiger partial charge in [0.2, 0.25) is 11.0 Å². The van der Waals surface area contributed by atoms with Crippen molar-refractivity contribution in [3.05, 3.63) is 70.2 Å². The summed E-state index contributed by atoms with van der Waals surface area (Å²) in [5.74, 6) is 0.561. The van der Waals surface area contributed by atoms with Crippen molar-refractivity contribution in [1.82, 2.24) is 10.2 Å². The lowest BCUT2D eigenvalue weighted by Crippen LogP contribution is -2.14. The first-order valence-electron chi connectivity index (χ1n) is 8.71. The Labute approximate surface area is 179 Å². The molecule has 142 valence electrons. The molecule has 0 saturated heterocycles. The summed E-state index contributed by atoms with van der Waals surface area (Å²) in [6.45, 7) is 0. The summed E-state index contributed by atoms with van der Waals surface area (Å²) in [7, 11) is 0. The number of benzene rings is 2. The molecule has 28 heavy (non-hydrogen) atoms. The first kappa shape index (κ1) is 19.3. The van der Waals surface area contributed by atoms with E-state index in [1.807, 2.05) is 30.3 Å². The molecule has 0 aliphatic heterocycles. The number of hydrogen-bond donors (Lipinski definition) is 1. The predicted molar refractivity (Wildman–Crippen MR) is 115 cm³/mol. The Bertz CT molecular complexity index is 992. The van der Waals surface area contributed by atoms with Crippen molar-refractivity contribution in [3.63, 3.8) is 0 Å². The van der Waals surface area contributed by atoms with Gasteiger partial charge >= 0.3 is 0 Å². The van der Waals surface area contributed by atoms with Crippen LogP contribution in [0.5, 0.6) is 0 Å². The van der Waals surface area contributed by atoms with Crippen molar-refractivity contribution in [2.24, 2.45) is 5.92 Å². The summed E-state index contributed by atoms with van der Waals surface area (Å²) in [5.41, 5.74) is 1.86. The Morgan fingerprint density at radius 2 is 1.86 bits per heavy atom. The lowest BCUT2D eigenvalue weighted by Gasteiger charge is -2.01.